The molecule has 1 saturated carbocycles. The molecule has 86 valence electrons. The Morgan fingerprint density at radius 3 is 2.80 bits per heavy atom. The second-order valence-electron chi connectivity index (χ2n) is 4.57. The van der Waals surface area contributed by atoms with Crippen LogP contribution in [0.3, 0.4) is 0 Å². The van der Waals surface area contributed by atoms with Crippen LogP contribution in [0.2, 0.25) is 0 Å². The number of hydrogen-bond acceptors (Lipinski definition) is 2. The van der Waals surface area contributed by atoms with Gasteiger partial charge in [0.1, 0.15) is 0 Å². The topological polar surface area (TPSA) is 40.5 Å². The first-order valence-electron chi connectivity index (χ1n) is 5.31. The maximum atomic E-state index is 13.3. The van der Waals surface area contributed by atoms with Gasteiger partial charge in [-0.05, 0) is 12.3 Å². The average Bonchev–Trinajstić information content (AvgIpc) is 2.65. The molecule has 5 heteroatoms. The van der Waals surface area contributed by atoms with E-state index in [2.05, 4.69) is 0 Å². The molecule has 1 heterocycles. The zero-order chi connectivity index (χ0) is 11.1. The molecule has 3 nitrogen and oxygen atoms in total. The van der Waals surface area contributed by atoms with Crippen LogP contribution in [-0.4, -0.2) is 41.5 Å². The molecule has 0 spiro atoms. The van der Waals surface area contributed by atoms with Crippen molar-refractivity contribution in [2.45, 2.75) is 25.2 Å². The van der Waals surface area contributed by atoms with Crippen LogP contribution in [-0.2, 0) is 4.79 Å². The van der Waals surface area contributed by atoms with Gasteiger partial charge in [0.05, 0.1) is 6.42 Å². The number of fused-ring (bicyclic) bond motifs is 1. The third-order valence-corrected chi connectivity index (χ3v) is 3.55. The fourth-order valence-electron chi connectivity index (χ4n) is 2.73. The third-order valence-electron chi connectivity index (χ3n) is 3.55. The summed E-state index contributed by atoms with van der Waals surface area (Å²) in [6.07, 6.45) is 0.640. The van der Waals surface area contributed by atoms with Gasteiger partial charge in [-0.2, -0.15) is 0 Å². The van der Waals surface area contributed by atoms with Crippen LogP contribution < -0.4 is 0 Å². The summed E-state index contributed by atoms with van der Waals surface area (Å²) in [6, 6.07) is 0. The minimum absolute atomic E-state index is 0.00903. The van der Waals surface area contributed by atoms with Gasteiger partial charge in [0, 0.05) is 32.0 Å². The van der Waals surface area contributed by atoms with Crippen molar-refractivity contribution in [1.29, 1.82) is 0 Å². The normalized spacial score (nSPS) is 34.3. The second kappa shape index (κ2) is 3.70. The number of carboxylic acids is 1. The lowest BCUT2D eigenvalue weighted by molar-refractivity contribution is -0.137. The number of rotatable bonds is 3. The SMILES string of the molecule is O=C(O)CCN1CC2CCC(F)(F)C2C1. The van der Waals surface area contributed by atoms with E-state index in [1.807, 2.05) is 4.90 Å². The monoisotopic (exact) mass is 219 g/mol. The zero-order valence-electron chi connectivity index (χ0n) is 8.46. The third kappa shape index (κ3) is 2.12. The second-order valence-corrected chi connectivity index (χ2v) is 4.57. The van der Waals surface area contributed by atoms with Gasteiger partial charge < -0.3 is 10.0 Å². The maximum Gasteiger partial charge on any atom is 0.304 e. The first-order chi connectivity index (χ1) is 6.99. The number of nitrogens with zero attached hydrogens (tertiary/aromatic N) is 1. The van der Waals surface area contributed by atoms with Crippen molar-refractivity contribution < 1.29 is 18.7 Å². The van der Waals surface area contributed by atoms with E-state index in [-0.39, 0.29) is 18.8 Å². The summed E-state index contributed by atoms with van der Waals surface area (Å²) in [4.78, 5) is 12.2. The van der Waals surface area contributed by atoms with E-state index < -0.39 is 17.8 Å². The molecule has 0 bridgehead atoms. The number of alkyl halides is 2. The van der Waals surface area contributed by atoms with E-state index in [0.717, 1.165) is 0 Å². The average molecular weight is 219 g/mol. The summed E-state index contributed by atoms with van der Waals surface area (Å²) in [5, 5.41) is 8.50. The highest BCUT2D eigenvalue weighted by Crippen LogP contribution is 2.48. The minimum atomic E-state index is -2.53. The van der Waals surface area contributed by atoms with Crippen molar-refractivity contribution in [3.8, 4) is 0 Å². The lowest BCUT2D eigenvalue weighted by Crippen LogP contribution is -2.30. The number of carboxylic acid groups (broad SMARTS) is 1. The van der Waals surface area contributed by atoms with Crippen molar-refractivity contribution in [3.05, 3.63) is 0 Å². The number of hydrogen-bond donors (Lipinski definition) is 1. The van der Waals surface area contributed by atoms with Crippen molar-refractivity contribution in [3.63, 3.8) is 0 Å². The van der Waals surface area contributed by atoms with Crippen molar-refractivity contribution in [2.75, 3.05) is 19.6 Å². The molecular weight excluding hydrogens is 204 g/mol. The smallest absolute Gasteiger partial charge is 0.304 e. The fraction of sp³-hybridized carbons (Fsp3) is 0.900. The van der Waals surface area contributed by atoms with E-state index in [0.29, 0.717) is 26.1 Å². The Kier molecular flexibility index (Phi) is 2.66. The molecular formula is C10H15F2NO2. The van der Waals surface area contributed by atoms with Crippen LogP contribution in [0.15, 0.2) is 0 Å². The molecule has 0 aromatic heterocycles. The van der Waals surface area contributed by atoms with Crippen LogP contribution in [0.1, 0.15) is 19.3 Å². The summed E-state index contributed by atoms with van der Waals surface area (Å²) >= 11 is 0. The number of aliphatic carboxylic acids is 1. The van der Waals surface area contributed by atoms with Crippen LogP contribution in [0, 0.1) is 11.8 Å². The van der Waals surface area contributed by atoms with Gasteiger partial charge in [-0.25, -0.2) is 8.78 Å². The van der Waals surface area contributed by atoms with Gasteiger partial charge in [-0.15, -0.1) is 0 Å². The minimum Gasteiger partial charge on any atom is -0.481 e. The van der Waals surface area contributed by atoms with Crippen LogP contribution in [0.5, 0.6) is 0 Å². The standard InChI is InChI=1S/C10H15F2NO2/c11-10(12)3-1-7-5-13(6-8(7)10)4-2-9(14)15/h7-8H,1-6H2,(H,14,15). The van der Waals surface area contributed by atoms with E-state index in [1.54, 1.807) is 0 Å². The van der Waals surface area contributed by atoms with Crippen LogP contribution in [0.25, 0.3) is 0 Å². The fourth-order valence-corrected chi connectivity index (χ4v) is 2.73. The Bertz CT molecular complexity index is 270. The molecule has 0 aromatic rings. The predicted molar refractivity (Wildman–Crippen MR) is 49.9 cm³/mol. The first kappa shape index (κ1) is 10.8. The van der Waals surface area contributed by atoms with E-state index in [1.165, 1.54) is 0 Å². The molecule has 2 atom stereocenters. The summed E-state index contributed by atoms with van der Waals surface area (Å²) in [5.41, 5.74) is 0. The Morgan fingerprint density at radius 1 is 1.47 bits per heavy atom. The summed E-state index contributed by atoms with van der Waals surface area (Å²) < 4.78 is 26.7. The van der Waals surface area contributed by atoms with Crippen LogP contribution in [0.4, 0.5) is 8.78 Å². The maximum absolute atomic E-state index is 13.3. The molecule has 2 unspecified atom stereocenters. The van der Waals surface area contributed by atoms with Gasteiger partial charge in [0.25, 0.3) is 5.92 Å². The molecule has 1 N–H and O–H groups in total. The summed E-state index contributed by atoms with van der Waals surface area (Å²) in [7, 11) is 0. The summed E-state index contributed by atoms with van der Waals surface area (Å²) in [6.45, 7) is 1.41. The van der Waals surface area contributed by atoms with E-state index in [4.69, 9.17) is 5.11 Å². The van der Waals surface area contributed by atoms with Gasteiger partial charge in [0.2, 0.25) is 0 Å². The Morgan fingerprint density at radius 2 is 2.20 bits per heavy atom. The molecule has 1 aliphatic carbocycles. The van der Waals surface area contributed by atoms with Gasteiger partial charge in [-0.3, -0.25) is 4.79 Å². The highest BCUT2D eigenvalue weighted by molar-refractivity contribution is 5.66. The molecule has 0 aromatic carbocycles. The first-order valence-corrected chi connectivity index (χ1v) is 5.31. The Labute approximate surface area is 87.1 Å². The van der Waals surface area contributed by atoms with Crippen molar-refractivity contribution in [2.24, 2.45) is 11.8 Å². The van der Waals surface area contributed by atoms with Crippen molar-refractivity contribution >= 4 is 5.97 Å². The summed E-state index contributed by atoms with van der Waals surface area (Å²) in [5.74, 6) is -3.85. The Balaban J connectivity index is 1.87. The quantitative estimate of drug-likeness (QED) is 0.780. The van der Waals surface area contributed by atoms with E-state index in [9.17, 15) is 13.6 Å². The van der Waals surface area contributed by atoms with Gasteiger partial charge >= 0.3 is 5.97 Å². The molecule has 1 aliphatic heterocycles. The number of carbonyl (C=O) groups is 1. The molecule has 1 saturated heterocycles. The van der Waals surface area contributed by atoms with Crippen LogP contribution >= 0.6 is 0 Å². The lowest BCUT2D eigenvalue weighted by atomic mass is 9.99. The molecule has 0 radical (unpaired) electrons. The molecule has 2 rings (SSSR count). The largest absolute Gasteiger partial charge is 0.481 e. The highest BCUT2D eigenvalue weighted by atomic mass is 19.3. The molecule has 2 aliphatic rings. The predicted octanol–water partition coefficient (Wildman–Crippen LogP) is 1.44. The lowest BCUT2D eigenvalue weighted by Gasteiger charge is -2.19. The number of likely N-dealkylation sites (tertiary alicyclic amines) is 1. The number of halogens is 2. The Hall–Kier alpha value is -0.710. The molecule has 2 fully saturated rings. The van der Waals surface area contributed by atoms with Gasteiger partial charge in [0.15, 0.2) is 0 Å². The van der Waals surface area contributed by atoms with Gasteiger partial charge in [-0.1, -0.05) is 0 Å². The van der Waals surface area contributed by atoms with E-state index >= 15 is 0 Å². The molecule has 15 heavy (non-hydrogen) atoms. The highest BCUT2D eigenvalue weighted by Gasteiger charge is 2.53. The zero-order valence-corrected chi connectivity index (χ0v) is 8.46. The van der Waals surface area contributed by atoms with Crippen molar-refractivity contribution in [1.82, 2.24) is 4.90 Å². The molecule has 0 amide bonds.